The monoisotopic (exact) mass is 257 g/mol. The smallest absolute Gasteiger partial charge is 0.226 e. The van der Waals surface area contributed by atoms with Crippen molar-refractivity contribution >= 4 is 5.91 Å². The molecule has 4 heteroatoms. The molecule has 0 bridgehead atoms. The average molecular weight is 257 g/mol. The van der Waals surface area contributed by atoms with E-state index in [2.05, 4.69) is 16.7 Å². The molecule has 1 heterocycles. The number of piperidine rings is 1. The minimum Gasteiger partial charge on any atom is -0.352 e. The van der Waals surface area contributed by atoms with Gasteiger partial charge in [0.25, 0.3) is 0 Å². The molecule has 4 nitrogen and oxygen atoms in total. The van der Waals surface area contributed by atoms with Crippen LogP contribution in [0.5, 0.6) is 0 Å². The van der Waals surface area contributed by atoms with Crippen molar-refractivity contribution in [3.63, 3.8) is 0 Å². The Kier molecular flexibility index (Phi) is 4.18. The normalized spacial score (nSPS) is 17.5. The van der Waals surface area contributed by atoms with Gasteiger partial charge in [-0.3, -0.25) is 4.79 Å². The van der Waals surface area contributed by atoms with Crippen LogP contribution in [0.25, 0.3) is 0 Å². The van der Waals surface area contributed by atoms with Crippen LogP contribution in [-0.2, 0) is 11.3 Å². The van der Waals surface area contributed by atoms with Gasteiger partial charge in [0.2, 0.25) is 5.91 Å². The van der Waals surface area contributed by atoms with Crippen molar-refractivity contribution < 1.29 is 4.79 Å². The summed E-state index contributed by atoms with van der Waals surface area (Å²) in [6.45, 7) is 4.30. The van der Waals surface area contributed by atoms with E-state index in [1.54, 1.807) is 6.07 Å². The summed E-state index contributed by atoms with van der Waals surface area (Å²) in [6, 6.07) is 9.44. The van der Waals surface area contributed by atoms with Crippen LogP contribution in [0.3, 0.4) is 0 Å². The van der Waals surface area contributed by atoms with Crippen LogP contribution in [0, 0.1) is 16.7 Å². The molecule has 1 saturated heterocycles. The Bertz CT molecular complexity index is 498. The van der Waals surface area contributed by atoms with Gasteiger partial charge in [0, 0.05) is 12.0 Å². The van der Waals surface area contributed by atoms with Crippen molar-refractivity contribution in [1.82, 2.24) is 10.6 Å². The third-order valence-corrected chi connectivity index (χ3v) is 3.76. The molecule has 100 valence electrons. The summed E-state index contributed by atoms with van der Waals surface area (Å²) in [7, 11) is 0. The number of carbonyl (C=O) groups excluding carboxylic acids is 1. The number of rotatable bonds is 3. The molecule has 0 radical (unpaired) electrons. The first kappa shape index (κ1) is 13.6. The van der Waals surface area contributed by atoms with Gasteiger partial charge in [-0.15, -0.1) is 0 Å². The molecule has 1 aromatic rings. The number of amides is 1. The minimum atomic E-state index is -0.266. The van der Waals surface area contributed by atoms with E-state index in [-0.39, 0.29) is 11.3 Å². The Morgan fingerprint density at radius 2 is 2.21 bits per heavy atom. The highest BCUT2D eigenvalue weighted by Gasteiger charge is 2.34. The zero-order chi connectivity index (χ0) is 13.7. The SMILES string of the molecule is CC1(C(=O)NCc2cccc(C#N)c2)CCNCC1. The van der Waals surface area contributed by atoms with E-state index in [9.17, 15) is 4.79 Å². The Balaban J connectivity index is 1.94. The van der Waals surface area contributed by atoms with Crippen LogP contribution in [0.1, 0.15) is 30.9 Å². The maximum absolute atomic E-state index is 12.2. The highest BCUT2D eigenvalue weighted by molar-refractivity contribution is 5.82. The lowest BCUT2D eigenvalue weighted by molar-refractivity contribution is -0.131. The fourth-order valence-electron chi connectivity index (χ4n) is 2.35. The average Bonchev–Trinajstić information content (AvgIpc) is 2.45. The highest BCUT2D eigenvalue weighted by atomic mass is 16.2. The van der Waals surface area contributed by atoms with Gasteiger partial charge in [-0.2, -0.15) is 5.26 Å². The Morgan fingerprint density at radius 1 is 1.47 bits per heavy atom. The molecule has 0 atom stereocenters. The lowest BCUT2D eigenvalue weighted by Gasteiger charge is -2.32. The molecular weight excluding hydrogens is 238 g/mol. The number of nitrogens with one attached hydrogen (secondary N) is 2. The number of nitrogens with zero attached hydrogens (tertiary/aromatic N) is 1. The van der Waals surface area contributed by atoms with Crippen LogP contribution in [-0.4, -0.2) is 19.0 Å². The molecular formula is C15H19N3O. The minimum absolute atomic E-state index is 0.108. The van der Waals surface area contributed by atoms with Gasteiger partial charge < -0.3 is 10.6 Å². The van der Waals surface area contributed by atoms with E-state index in [1.165, 1.54) is 0 Å². The standard InChI is InChI=1S/C15H19N3O/c1-15(5-7-17-8-6-15)14(19)18-11-13-4-2-3-12(9-13)10-16/h2-4,9,17H,5-8,11H2,1H3,(H,18,19). The van der Waals surface area contributed by atoms with E-state index in [4.69, 9.17) is 5.26 Å². The van der Waals surface area contributed by atoms with Crippen molar-refractivity contribution in [2.75, 3.05) is 13.1 Å². The fraction of sp³-hybridized carbons (Fsp3) is 0.467. The Hall–Kier alpha value is -1.86. The summed E-state index contributed by atoms with van der Waals surface area (Å²) in [5, 5.41) is 15.1. The summed E-state index contributed by atoms with van der Waals surface area (Å²) in [5.41, 5.74) is 1.32. The van der Waals surface area contributed by atoms with Crippen LogP contribution in [0.4, 0.5) is 0 Å². The van der Waals surface area contributed by atoms with Crippen LogP contribution >= 0.6 is 0 Å². The van der Waals surface area contributed by atoms with E-state index in [1.807, 2.05) is 25.1 Å². The number of hydrogen-bond donors (Lipinski definition) is 2. The molecule has 1 aromatic carbocycles. The van der Waals surface area contributed by atoms with Gasteiger partial charge in [0.05, 0.1) is 11.6 Å². The topological polar surface area (TPSA) is 64.9 Å². The predicted octanol–water partition coefficient (Wildman–Crippen LogP) is 1.56. The van der Waals surface area contributed by atoms with E-state index in [0.717, 1.165) is 31.5 Å². The molecule has 1 aliphatic heterocycles. The third-order valence-electron chi connectivity index (χ3n) is 3.76. The van der Waals surface area contributed by atoms with Crippen molar-refractivity contribution in [3.8, 4) is 6.07 Å². The second-order valence-electron chi connectivity index (χ2n) is 5.31. The first-order chi connectivity index (χ1) is 9.14. The van der Waals surface area contributed by atoms with Gasteiger partial charge in [-0.25, -0.2) is 0 Å². The van der Waals surface area contributed by atoms with Crippen molar-refractivity contribution in [3.05, 3.63) is 35.4 Å². The Morgan fingerprint density at radius 3 is 2.89 bits per heavy atom. The molecule has 1 aliphatic rings. The molecule has 2 rings (SSSR count). The molecule has 1 amide bonds. The second kappa shape index (κ2) is 5.85. The fourth-order valence-corrected chi connectivity index (χ4v) is 2.35. The molecule has 0 aromatic heterocycles. The van der Waals surface area contributed by atoms with E-state index >= 15 is 0 Å². The maximum Gasteiger partial charge on any atom is 0.226 e. The van der Waals surface area contributed by atoms with Crippen LogP contribution in [0.2, 0.25) is 0 Å². The predicted molar refractivity (Wildman–Crippen MR) is 73.2 cm³/mol. The van der Waals surface area contributed by atoms with E-state index in [0.29, 0.717) is 12.1 Å². The van der Waals surface area contributed by atoms with Gasteiger partial charge >= 0.3 is 0 Å². The summed E-state index contributed by atoms with van der Waals surface area (Å²) in [6.07, 6.45) is 1.74. The highest BCUT2D eigenvalue weighted by Crippen LogP contribution is 2.28. The summed E-state index contributed by atoms with van der Waals surface area (Å²) < 4.78 is 0. The molecule has 19 heavy (non-hydrogen) atoms. The second-order valence-corrected chi connectivity index (χ2v) is 5.31. The largest absolute Gasteiger partial charge is 0.352 e. The van der Waals surface area contributed by atoms with Gasteiger partial charge in [0.15, 0.2) is 0 Å². The molecule has 0 spiro atoms. The van der Waals surface area contributed by atoms with E-state index < -0.39 is 0 Å². The lowest BCUT2D eigenvalue weighted by Crippen LogP contribution is -2.45. The van der Waals surface area contributed by atoms with Gasteiger partial charge in [0.1, 0.15) is 0 Å². The number of benzene rings is 1. The number of nitriles is 1. The number of carbonyl (C=O) groups is 1. The van der Waals surface area contributed by atoms with Crippen molar-refractivity contribution in [2.45, 2.75) is 26.3 Å². The van der Waals surface area contributed by atoms with Gasteiger partial charge in [-0.05, 0) is 43.6 Å². The first-order valence-electron chi connectivity index (χ1n) is 6.62. The first-order valence-corrected chi connectivity index (χ1v) is 6.62. The molecule has 1 fully saturated rings. The number of hydrogen-bond acceptors (Lipinski definition) is 3. The summed E-state index contributed by atoms with van der Waals surface area (Å²) in [5.74, 6) is 0.108. The maximum atomic E-state index is 12.2. The lowest BCUT2D eigenvalue weighted by atomic mass is 9.80. The molecule has 0 unspecified atom stereocenters. The molecule has 2 N–H and O–H groups in total. The van der Waals surface area contributed by atoms with Crippen molar-refractivity contribution in [1.29, 1.82) is 5.26 Å². The molecule has 0 saturated carbocycles. The van der Waals surface area contributed by atoms with Gasteiger partial charge in [-0.1, -0.05) is 19.1 Å². The quantitative estimate of drug-likeness (QED) is 0.863. The molecule has 0 aliphatic carbocycles. The van der Waals surface area contributed by atoms with Crippen molar-refractivity contribution in [2.24, 2.45) is 5.41 Å². The van der Waals surface area contributed by atoms with Crippen LogP contribution in [0.15, 0.2) is 24.3 Å². The Labute approximate surface area is 113 Å². The van der Waals surface area contributed by atoms with Crippen LogP contribution < -0.4 is 10.6 Å². The summed E-state index contributed by atoms with van der Waals surface area (Å²) >= 11 is 0. The zero-order valence-corrected chi connectivity index (χ0v) is 11.2. The summed E-state index contributed by atoms with van der Waals surface area (Å²) in [4.78, 5) is 12.2. The zero-order valence-electron chi connectivity index (χ0n) is 11.2. The third kappa shape index (κ3) is 3.33.